The van der Waals surface area contributed by atoms with Gasteiger partial charge in [0, 0.05) is 38.9 Å². The maximum absolute atomic E-state index is 14.0. The first-order chi connectivity index (χ1) is 11.5. The van der Waals surface area contributed by atoms with E-state index in [-0.39, 0.29) is 17.9 Å². The number of nitrogens with one attached hydrogen (secondary N) is 1. The molecule has 1 aromatic heterocycles. The molecule has 0 saturated carbocycles. The first-order valence-electron chi connectivity index (χ1n) is 8.03. The van der Waals surface area contributed by atoms with Crippen LogP contribution in [0.25, 0.3) is 0 Å². The van der Waals surface area contributed by atoms with Crippen LogP contribution in [0.2, 0.25) is 0 Å². The summed E-state index contributed by atoms with van der Waals surface area (Å²) >= 11 is 0. The number of para-hydroxylation sites is 1. The van der Waals surface area contributed by atoms with Crippen LogP contribution in [0, 0.1) is 12.7 Å². The van der Waals surface area contributed by atoms with Gasteiger partial charge in [0.05, 0.1) is 17.1 Å². The topological polar surface area (TPSA) is 53.4 Å². The predicted molar refractivity (Wildman–Crippen MR) is 91.7 cm³/mol. The molecule has 1 aliphatic heterocycles. The Kier molecular flexibility index (Phi) is 4.42. The number of halogens is 1. The predicted octanol–water partition coefficient (Wildman–Crippen LogP) is 2.61. The van der Waals surface area contributed by atoms with Crippen molar-refractivity contribution in [1.29, 1.82) is 0 Å². The molecule has 0 spiro atoms. The lowest BCUT2D eigenvalue weighted by atomic mass is 10.1. The van der Waals surface area contributed by atoms with E-state index >= 15 is 0 Å². The van der Waals surface area contributed by atoms with Crippen molar-refractivity contribution in [2.24, 2.45) is 7.05 Å². The average Bonchev–Trinajstić information content (AvgIpc) is 2.85. The van der Waals surface area contributed by atoms with E-state index in [1.807, 2.05) is 31.9 Å². The third-order valence-corrected chi connectivity index (χ3v) is 4.33. The van der Waals surface area contributed by atoms with Gasteiger partial charge in [-0.15, -0.1) is 0 Å². The van der Waals surface area contributed by atoms with E-state index in [4.69, 9.17) is 0 Å². The van der Waals surface area contributed by atoms with Crippen molar-refractivity contribution in [2.75, 3.05) is 29.9 Å². The molecular formula is C17H22FN5O. The standard InChI is InChI=1S/C17H22FN5O/c1-12-10-22(17(24)19-15-11-21(3)20-13(15)2)8-9-23(12)16-7-5-4-6-14(16)18/h4-7,11-12H,8-10H2,1-3H3,(H,19,24)/t12-/m0/s1. The minimum atomic E-state index is -0.228. The number of urea groups is 1. The summed E-state index contributed by atoms with van der Waals surface area (Å²) in [5.74, 6) is -0.228. The molecule has 1 N–H and O–H groups in total. The Labute approximate surface area is 140 Å². The smallest absolute Gasteiger partial charge is 0.322 e. The van der Waals surface area contributed by atoms with E-state index < -0.39 is 0 Å². The fourth-order valence-corrected chi connectivity index (χ4v) is 3.10. The third kappa shape index (κ3) is 3.20. The Bertz CT molecular complexity index is 744. The highest BCUT2D eigenvalue weighted by atomic mass is 19.1. The molecule has 0 radical (unpaired) electrons. The number of carbonyl (C=O) groups excluding carboxylic acids is 1. The first kappa shape index (κ1) is 16.3. The maximum atomic E-state index is 14.0. The van der Waals surface area contributed by atoms with Gasteiger partial charge in [0.1, 0.15) is 5.82 Å². The van der Waals surface area contributed by atoms with E-state index in [9.17, 15) is 9.18 Å². The Morgan fingerprint density at radius 2 is 2.08 bits per heavy atom. The summed E-state index contributed by atoms with van der Waals surface area (Å²) in [5, 5.41) is 7.12. The number of anilines is 2. The lowest BCUT2D eigenvalue weighted by Crippen LogP contribution is -2.55. The van der Waals surface area contributed by atoms with Gasteiger partial charge >= 0.3 is 6.03 Å². The highest BCUT2D eigenvalue weighted by Gasteiger charge is 2.28. The molecule has 0 bridgehead atoms. The molecule has 1 aliphatic rings. The molecule has 3 rings (SSSR count). The van der Waals surface area contributed by atoms with Gasteiger partial charge < -0.3 is 15.1 Å². The summed E-state index contributed by atoms with van der Waals surface area (Å²) < 4.78 is 15.7. The molecule has 1 saturated heterocycles. The number of benzene rings is 1. The van der Waals surface area contributed by atoms with Crippen LogP contribution in [0.1, 0.15) is 12.6 Å². The van der Waals surface area contributed by atoms with Gasteiger partial charge in [0.15, 0.2) is 0 Å². The van der Waals surface area contributed by atoms with Crippen molar-refractivity contribution >= 4 is 17.4 Å². The largest absolute Gasteiger partial charge is 0.363 e. The Morgan fingerprint density at radius 1 is 1.33 bits per heavy atom. The minimum absolute atomic E-state index is 0.0383. The summed E-state index contributed by atoms with van der Waals surface area (Å²) in [4.78, 5) is 16.2. The number of rotatable bonds is 2. The fourth-order valence-electron chi connectivity index (χ4n) is 3.10. The van der Waals surface area contributed by atoms with Crippen LogP contribution in [0.4, 0.5) is 20.6 Å². The second-order valence-corrected chi connectivity index (χ2v) is 6.17. The number of hydrogen-bond donors (Lipinski definition) is 1. The van der Waals surface area contributed by atoms with Crippen LogP contribution in [0.3, 0.4) is 0 Å². The highest BCUT2D eigenvalue weighted by Crippen LogP contribution is 2.24. The maximum Gasteiger partial charge on any atom is 0.322 e. The summed E-state index contributed by atoms with van der Waals surface area (Å²) in [7, 11) is 1.82. The fraction of sp³-hybridized carbons (Fsp3) is 0.412. The van der Waals surface area contributed by atoms with Gasteiger partial charge in [0.2, 0.25) is 0 Å². The van der Waals surface area contributed by atoms with Gasteiger partial charge in [0.25, 0.3) is 0 Å². The van der Waals surface area contributed by atoms with Crippen LogP contribution in [-0.4, -0.2) is 46.4 Å². The number of amides is 2. The molecule has 6 nitrogen and oxygen atoms in total. The average molecular weight is 331 g/mol. The van der Waals surface area contributed by atoms with Crippen LogP contribution in [-0.2, 0) is 7.05 Å². The summed E-state index contributed by atoms with van der Waals surface area (Å²) in [6.07, 6.45) is 1.78. The SMILES string of the molecule is Cc1nn(C)cc1NC(=O)N1CCN(c2ccccc2F)[C@@H](C)C1. The lowest BCUT2D eigenvalue weighted by molar-refractivity contribution is 0.200. The van der Waals surface area contributed by atoms with Crippen molar-refractivity contribution in [3.8, 4) is 0 Å². The zero-order valence-corrected chi connectivity index (χ0v) is 14.2. The van der Waals surface area contributed by atoms with E-state index in [0.29, 0.717) is 31.0 Å². The van der Waals surface area contributed by atoms with Crippen molar-refractivity contribution in [3.05, 3.63) is 42.0 Å². The summed E-state index contributed by atoms with van der Waals surface area (Å²) in [5.41, 5.74) is 2.09. The van der Waals surface area contributed by atoms with Crippen LogP contribution in [0.15, 0.2) is 30.5 Å². The van der Waals surface area contributed by atoms with E-state index in [2.05, 4.69) is 10.4 Å². The molecule has 1 aromatic carbocycles. The van der Waals surface area contributed by atoms with Crippen molar-refractivity contribution in [2.45, 2.75) is 19.9 Å². The molecule has 128 valence electrons. The second kappa shape index (κ2) is 6.51. The van der Waals surface area contributed by atoms with Crippen LogP contribution in [0.5, 0.6) is 0 Å². The number of piperazine rings is 1. The third-order valence-electron chi connectivity index (χ3n) is 4.33. The molecular weight excluding hydrogens is 309 g/mol. The molecule has 0 unspecified atom stereocenters. The van der Waals surface area contributed by atoms with Gasteiger partial charge in [-0.25, -0.2) is 9.18 Å². The van der Waals surface area contributed by atoms with Gasteiger partial charge in [-0.05, 0) is 26.0 Å². The van der Waals surface area contributed by atoms with Gasteiger partial charge in [-0.3, -0.25) is 4.68 Å². The van der Waals surface area contributed by atoms with Crippen molar-refractivity contribution in [1.82, 2.24) is 14.7 Å². The second-order valence-electron chi connectivity index (χ2n) is 6.17. The Hall–Kier alpha value is -2.57. The summed E-state index contributed by atoms with van der Waals surface area (Å²) in [6.45, 7) is 5.54. The van der Waals surface area contributed by atoms with Crippen molar-refractivity contribution < 1.29 is 9.18 Å². The van der Waals surface area contributed by atoms with Crippen molar-refractivity contribution in [3.63, 3.8) is 0 Å². The number of hydrogen-bond acceptors (Lipinski definition) is 3. The molecule has 2 amide bonds. The normalized spacial score (nSPS) is 17.9. The zero-order valence-electron chi connectivity index (χ0n) is 14.2. The molecule has 1 atom stereocenters. The van der Waals surface area contributed by atoms with E-state index in [1.165, 1.54) is 6.07 Å². The van der Waals surface area contributed by atoms with E-state index in [0.717, 1.165) is 5.69 Å². The summed E-state index contributed by atoms with van der Waals surface area (Å²) in [6, 6.07) is 6.65. The highest BCUT2D eigenvalue weighted by molar-refractivity contribution is 5.90. The molecule has 0 aliphatic carbocycles. The Balaban J connectivity index is 1.66. The van der Waals surface area contributed by atoms with Gasteiger partial charge in [-0.1, -0.05) is 12.1 Å². The number of nitrogens with zero attached hydrogens (tertiary/aromatic N) is 4. The monoisotopic (exact) mass is 331 g/mol. The quantitative estimate of drug-likeness (QED) is 0.920. The van der Waals surface area contributed by atoms with Crippen LogP contribution < -0.4 is 10.2 Å². The molecule has 7 heteroatoms. The number of carbonyl (C=O) groups is 1. The van der Waals surface area contributed by atoms with E-state index in [1.54, 1.807) is 27.9 Å². The van der Waals surface area contributed by atoms with Crippen LogP contribution >= 0.6 is 0 Å². The van der Waals surface area contributed by atoms with Gasteiger partial charge in [-0.2, -0.15) is 5.10 Å². The zero-order chi connectivity index (χ0) is 17.3. The number of aryl methyl sites for hydroxylation is 2. The first-order valence-corrected chi connectivity index (χ1v) is 8.03. The number of aromatic nitrogens is 2. The Morgan fingerprint density at radius 3 is 2.71 bits per heavy atom. The minimum Gasteiger partial charge on any atom is -0.363 e. The molecule has 2 heterocycles. The molecule has 1 fully saturated rings. The molecule has 24 heavy (non-hydrogen) atoms. The molecule has 2 aromatic rings. The lowest BCUT2D eigenvalue weighted by Gasteiger charge is -2.41.